The lowest BCUT2D eigenvalue weighted by Gasteiger charge is -2.40. The highest BCUT2D eigenvalue weighted by Gasteiger charge is 2.40. The van der Waals surface area contributed by atoms with Gasteiger partial charge in [0.2, 0.25) is 11.8 Å². The fourth-order valence-corrected chi connectivity index (χ4v) is 4.99. The number of carbonyl (C=O) groups excluding carboxylic acids is 1. The molecule has 27 heavy (non-hydrogen) atoms. The molecule has 0 unspecified atom stereocenters. The molecule has 2 saturated heterocycles. The summed E-state index contributed by atoms with van der Waals surface area (Å²) in [5, 5.41) is 4.14. The van der Waals surface area contributed by atoms with Crippen LogP contribution in [0.2, 0.25) is 0 Å². The molecule has 3 heterocycles. The average molecular weight is 373 g/mol. The third kappa shape index (κ3) is 4.05. The summed E-state index contributed by atoms with van der Waals surface area (Å²) in [6.07, 6.45) is 12.0. The summed E-state index contributed by atoms with van der Waals surface area (Å²) < 4.78 is 5.45. The van der Waals surface area contributed by atoms with E-state index in [1.165, 1.54) is 51.4 Å². The summed E-state index contributed by atoms with van der Waals surface area (Å²) in [5.74, 6) is 3.71. The van der Waals surface area contributed by atoms with Crippen molar-refractivity contribution in [3.63, 3.8) is 0 Å². The molecule has 0 N–H and O–H groups in total. The Labute approximate surface area is 161 Å². The summed E-state index contributed by atoms with van der Waals surface area (Å²) in [7, 11) is 0. The molecule has 2 aliphatic heterocycles. The van der Waals surface area contributed by atoms with Gasteiger partial charge in [0, 0.05) is 24.4 Å². The van der Waals surface area contributed by atoms with Gasteiger partial charge in [-0.1, -0.05) is 18.0 Å². The Hall–Kier alpha value is -1.43. The van der Waals surface area contributed by atoms with Crippen LogP contribution in [0, 0.1) is 11.8 Å². The van der Waals surface area contributed by atoms with Crippen LogP contribution in [-0.4, -0.2) is 51.5 Å². The molecule has 0 aromatic carbocycles. The van der Waals surface area contributed by atoms with Crippen molar-refractivity contribution >= 4 is 5.91 Å². The number of amides is 1. The van der Waals surface area contributed by atoms with Crippen LogP contribution in [-0.2, 0) is 11.3 Å². The molecule has 2 saturated carbocycles. The van der Waals surface area contributed by atoms with Crippen LogP contribution in [0.5, 0.6) is 0 Å². The molecule has 1 amide bonds. The molecular formula is C21H32N4O2. The Kier molecular flexibility index (Phi) is 4.92. The standard InChI is InChI=1S/C21H32N4O2/c26-21(17-7-8-17)25-11-3-1-2-4-18(25)15-9-12-24(13-10-15)14-19-22-20(23-27-19)16-5-6-16/h15-18H,1-14H2/t18-/m1/s1. The van der Waals surface area contributed by atoms with Gasteiger partial charge in [0.05, 0.1) is 6.54 Å². The first kappa shape index (κ1) is 17.7. The number of carbonyl (C=O) groups is 1. The highest BCUT2D eigenvalue weighted by atomic mass is 16.5. The second-order valence-electron chi connectivity index (χ2n) is 9.16. The van der Waals surface area contributed by atoms with Gasteiger partial charge in [-0.05, 0) is 70.4 Å². The molecule has 4 aliphatic rings. The van der Waals surface area contributed by atoms with Gasteiger partial charge in [-0.3, -0.25) is 9.69 Å². The third-order valence-electron chi connectivity index (χ3n) is 6.97. The molecule has 6 nitrogen and oxygen atoms in total. The minimum Gasteiger partial charge on any atom is -0.339 e. The van der Waals surface area contributed by atoms with E-state index in [9.17, 15) is 4.79 Å². The SMILES string of the molecule is O=C(C1CC1)N1CCCCC[C@@H]1C1CCN(Cc2nc(C3CC3)no2)CC1. The van der Waals surface area contributed by atoms with Crippen LogP contribution >= 0.6 is 0 Å². The van der Waals surface area contributed by atoms with E-state index in [1.54, 1.807) is 0 Å². The second-order valence-corrected chi connectivity index (χ2v) is 9.16. The summed E-state index contributed by atoms with van der Waals surface area (Å²) in [6.45, 7) is 3.93. The fourth-order valence-electron chi connectivity index (χ4n) is 4.99. The molecule has 0 radical (unpaired) electrons. The molecule has 148 valence electrons. The first-order valence-corrected chi connectivity index (χ1v) is 11.1. The molecule has 1 aromatic rings. The second kappa shape index (κ2) is 7.53. The van der Waals surface area contributed by atoms with E-state index < -0.39 is 0 Å². The number of hydrogen-bond acceptors (Lipinski definition) is 5. The monoisotopic (exact) mass is 372 g/mol. The van der Waals surface area contributed by atoms with Gasteiger partial charge in [0.15, 0.2) is 5.82 Å². The zero-order valence-electron chi connectivity index (χ0n) is 16.3. The van der Waals surface area contributed by atoms with Gasteiger partial charge >= 0.3 is 0 Å². The first-order chi connectivity index (χ1) is 13.3. The molecule has 6 heteroatoms. The maximum Gasteiger partial charge on any atom is 0.240 e. The lowest BCUT2D eigenvalue weighted by Crippen LogP contribution is -2.48. The lowest BCUT2D eigenvalue weighted by molar-refractivity contribution is -0.136. The number of hydrogen-bond donors (Lipinski definition) is 0. The van der Waals surface area contributed by atoms with Crippen LogP contribution in [0.1, 0.15) is 81.8 Å². The predicted molar refractivity (Wildman–Crippen MR) is 101 cm³/mol. The zero-order valence-corrected chi connectivity index (χ0v) is 16.3. The average Bonchev–Trinajstić information content (AvgIpc) is 3.59. The van der Waals surface area contributed by atoms with Crippen LogP contribution in [0.3, 0.4) is 0 Å². The van der Waals surface area contributed by atoms with Gasteiger partial charge in [0.25, 0.3) is 0 Å². The number of aromatic nitrogens is 2. The number of nitrogens with zero attached hydrogens (tertiary/aromatic N) is 4. The van der Waals surface area contributed by atoms with E-state index in [4.69, 9.17) is 4.52 Å². The van der Waals surface area contributed by atoms with Crippen molar-refractivity contribution in [2.45, 2.75) is 82.7 Å². The third-order valence-corrected chi connectivity index (χ3v) is 6.97. The van der Waals surface area contributed by atoms with Gasteiger partial charge < -0.3 is 9.42 Å². The van der Waals surface area contributed by atoms with E-state index in [0.29, 0.717) is 29.7 Å². The molecule has 5 rings (SSSR count). The minimum atomic E-state index is 0.351. The molecule has 1 atom stereocenters. The summed E-state index contributed by atoms with van der Waals surface area (Å²) in [6, 6.07) is 0.479. The van der Waals surface area contributed by atoms with E-state index in [-0.39, 0.29) is 0 Å². The fraction of sp³-hybridized carbons (Fsp3) is 0.857. The molecule has 0 bridgehead atoms. The van der Waals surface area contributed by atoms with E-state index in [2.05, 4.69) is 19.9 Å². The Morgan fingerprint density at radius 2 is 1.78 bits per heavy atom. The van der Waals surface area contributed by atoms with Crippen LogP contribution < -0.4 is 0 Å². The highest BCUT2D eigenvalue weighted by Crippen LogP contribution is 2.38. The number of piperidine rings is 1. The normalized spacial score (nSPS) is 28.3. The van der Waals surface area contributed by atoms with Gasteiger partial charge in [-0.2, -0.15) is 4.98 Å². The van der Waals surface area contributed by atoms with E-state index >= 15 is 0 Å². The lowest BCUT2D eigenvalue weighted by atomic mass is 9.86. The van der Waals surface area contributed by atoms with Crippen molar-refractivity contribution in [1.29, 1.82) is 0 Å². The van der Waals surface area contributed by atoms with E-state index in [1.807, 2.05) is 0 Å². The largest absolute Gasteiger partial charge is 0.339 e. The summed E-state index contributed by atoms with van der Waals surface area (Å²) >= 11 is 0. The first-order valence-electron chi connectivity index (χ1n) is 11.1. The Morgan fingerprint density at radius 3 is 2.52 bits per heavy atom. The molecule has 2 aliphatic carbocycles. The van der Waals surface area contributed by atoms with Gasteiger partial charge in [0.1, 0.15) is 0 Å². The maximum absolute atomic E-state index is 12.8. The van der Waals surface area contributed by atoms with Crippen molar-refractivity contribution in [1.82, 2.24) is 19.9 Å². The zero-order chi connectivity index (χ0) is 18.2. The van der Waals surface area contributed by atoms with E-state index in [0.717, 1.165) is 50.7 Å². The molecule has 0 spiro atoms. The Balaban J connectivity index is 1.17. The topological polar surface area (TPSA) is 62.5 Å². The van der Waals surface area contributed by atoms with Gasteiger partial charge in [-0.15, -0.1) is 0 Å². The van der Waals surface area contributed by atoms with Crippen molar-refractivity contribution < 1.29 is 9.32 Å². The number of likely N-dealkylation sites (tertiary alicyclic amines) is 2. The Morgan fingerprint density at radius 1 is 0.963 bits per heavy atom. The van der Waals surface area contributed by atoms with Gasteiger partial charge in [-0.25, -0.2) is 0 Å². The maximum atomic E-state index is 12.8. The molecule has 1 aromatic heterocycles. The van der Waals surface area contributed by atoms with Crippen molar-refractivity contribution in [3.8, 4) is 0 Å². The highest BCUT2D eigenvalue weighted by molar-refractivity contribution is 5.81. The minimum absolute atomic E-state index is 0.351. The molecular weight excluding hydrogens is 340 g/mol. The van der Waals surface area contributed by atoms with Crippen LogP contribution in [0.4, 0.5) is 0 Å². The number of rotatable bonds is 5. The van der Waals surface area contributed by atoms with Crippen molar-refractivity contribution in [3.05, 3.63) is 11.7 Å². The van der Waals surface area contributed by atoms with Crippen molar-refractivity contribution in [2.75, 3.05) is 19.6 Å². The van der Waals surface area contributed by atoms with Crippen LogP contribution in [0.25, 0.3) is 0 Å². The molecule has 4 fully saturated rings. The summed E-state index contributed by atoms with van der Waals surface area (Å²) in [5.41, 5.74) is 0. The smallest absolute Gasteiger partial charge is 0.240 e. The summed E-state index contributed by atoms with van der Waals surface area (Å²) in [4.78, 5) is 22.1. The van der Waals surface area contributed by atoms with Crippen molar-refractivity contribution in [2.24, 2.45) is 11.8 Å². The van der Waals surface area contributed by atoms with Crippen LogP contribution in [0.15, 0.2) is 4.52 Å². The quantitative estimate of drug-likeness (QED) is 0.793. The predicted octanol–water partition coefficient (Wildman–Crippen LogP) is 3.34. The Bertz CT molecular complexity index is 659.